The molecule has 1 heterocycles. The van der Waals surface area contributed by atoms with E-state index in [9.17, 15) is 9.18 Å². The van der Waals surface area contributed by atoms with E-state index in [1.165, 1.54) is 12.1 Å². The Bertz CT molecular complexity index is 811. The molecule has 1 aromatic heterocycles. The van der Waals surface area contributed by atoms with Gasteiger partial charge in [0, 0.05) is 5.39 Å². The van der Waals surface area contributed by atoms with Crippen molar-refractivity contribution in [2.75, 3.05) is 0 Å². The monoisotopic (exact) mass is 265 g/mol. The molecule has 3 rings (SSSR count). The fourth-order valence-corrected chi connectivity index (χ4v) is 2.25. The third-order valence-electron chi connectivity index (χ3n) is 3.27. The minimum absolute atomic E-state index is 0.0506. The first-order chi connectivity index (χ1) is 9.66. The summed E-state index contributed by atoms with van der Waals surface area (Å²) in [6, 6.07) is 15.3. The van der Waals surface area contributed by atoms with Gasteiger partial charge in [-0.3, -0.25) is 4.79 Å². The van der Waals surface area contributed by atoms with Crippen LogP contribution >= 0.6 is 0 Å². The van der Waals surface area contributed by atoms with E-state index in [1.54, 1.807) is 18.2 Å². The van der Waals surface area contributed by atoms with Crippen molar-refractivity contribution in [3.63, 3.8) is 0 Å². The van der Waals surface area contributed by atoms with Gasteiger partial charge in [-0.05, 0) is 36.8 Å². The molecule has 0 unspecified atom stereocenters. The van der Waals surface area contributed by atoms with Crippen molar-refractivity contribution in [3.8, 4) is 0 Å². The Morgan fingerprint density at radius 1 is 1.05 bits per heavy atom. The Morgan fingerprint density at radius 3 is 2.55 bits per heavy atom. The number of hydrogen-bond donors (Lipinski definition) is 0. The lowest BCUT2D eigenvalue weighted by Gasteiger charge is -2.06. The number of aryl methyl sites for hydroxylation is 1. The zero-order chi connectivity index (χ0) is 14.1. The summed E-state index contributed by atoms with van der Waals surface area (Å²) >= 11 is 0. The van der Waals surface area contributed by atoms with Crippen LogP contribution in [-0.2, 0) is 0 Å². The van der Waals surface area contributed by atoms with Crippen LogP contribution in [0.25, 0.3) is 10.9 Å². The molecule has 0 aliphatic heterocycles. The van der Waals surface area contributed by atoms with Gasteiger partial charge in [0.15, 0.2) is 0 Å². The van der Waals surface area contributed by atoms with Crippen LogP contribution in [0.15, 0.2) is 54.6 Å². The summed E-state index contributed by atoms with van der Waals surface area (Å²) in [7, 11) is 0. The quantitative estimate of drug-likeness (QED) is 0.657. The third-order valence-corrected chi connectivity index (χ3v) is 3.27. The van der Waals surface area contributed by atoms with Crippen LogP contribution in [0.4, 0.5) is 4.39 Å². The van der Waals surface area contributed by atoms with Gasteiger partial charge in [0.2, 0.25) is 5.78 Å². The minimum atomic E-state index is -0.523. The van der Waals surface area contributed by atoms with E-state index in [4.69, 9.17) is 0 Å². The first kappa shape index (κ1) is 12.5. The lowest BCUT2D eigenvalue weighted by Crippen LogP contribution is -2.07. The van der Waals surface area contributed by atoms with Gasteiger partial charge in [0.25, 0.3) is 0 Å². The fourth-order valence-electron chi connectivity index (χ4n) is 2.25. The molecule has 98 valence electrons. The molecule has 3 aromatic rings. The van der Waals surface area contributed by atoms with Crippen LogP contribution in [0.3, 0.4) is 0 Å². The number of fused-ring (bicyclic) bond motifs is 1. The molecule has 20 heavy (non-hydrogen) atoms. The second-order valence-electron chi connectivity index (χ2n) is 4.65. The van der Waals surface area contributed by atoms with Crippen molar-refractivity contribution in [1.82, 2.24) is 4.98 Å². The number of rotatable bonds is 2. The zero-order valence-electron chi connectivity index (χ0n) is 10.9. The van der Waals surface area contributed by atoms with Crippen molar-refractivity contribution in [3.05, 3.63) is 77.2 Å². The second kappa shape index (κ2) is 4.85. The number of ketones is 1. The molecule has 0 aliphatic carbocycles. The summed E-state index contributed by atoms with van der Waals surface area (Å²) in [6.45, 7) is 1.92. The average molecular weight is 265 g/mol. The molecule has 2 aromatic carbocycles. The maximum atomic E-state index is 13.7. The number of hydrogen-bond acceptors (Lipinski definition) is 2. The molecule has 3 heteroatoms. The molecule has 0 spiro atoms. The van der Waals surface area contributed by atoms with Gasteiger partial charge in [-0.25, -0.2) is 9.37 Å². The van der Waals surface area contributed by atoms with Crippen LogP contribution in [0.2, 0.25) is 0 Å². The Balaban J connectivity index is 2.16. The Kier molecular flexibility index (Phi) is 3.03. The molecule has 0 saturated carbocycles. The standard InChI is InChI=1S/C17H12FNO/c1-11-10-16(19-15-9-5-3-6-12(11)15)17(20)13-7-2-4-8-14(13)18/h2-10H,1H3. The zero-order valence-corrected chi connectivity index (χ0v) is 10.9. The van der Waals surface area contributed by atoms with E-state index < -0.39 is 11.6 Å². The third kappa shape index (κ3) is 2.07. The number of halogens is 1. The number of benzene rings is 2. The lowest BCUT2D eigenvalue weighted by atomic mass is 10.0. The SMILES string of the molecule is Cc1cc(C(=O)c2ccccc2F)nc2ccccc12. The largest absolute Gasteiger partial charge is 0.287 e. The summed E-state index contributed by atoms with van der Waals surface area (Å²) in [5, 5.41) is 0.998. The van der Waals surface area contributed by atoms with E-state index in [0.29, 0.717) is 0 Å². The predicted octanol–water partition coefficient (Wildman–Crippen LogP) is 3.91. The van der Waals surface area contributed by atoms with Crippen molar-refractivity contribution in [2.24, 2.45) is 0 Å². The van der Waals surface area contributed by atoms with Crippen LogP contribution in [0.5, 0.6) is 0 Å². The average Bonchev–Trinajstić information content (AvgIpc) is 2.47. The van der Waals surface area contributed by atoms with Crippen molar-refractivity contribution >= 4 is 16.7 Å². The van der Waals surface area contributed by atoms with Gasteiger partial charge in [-0.15, -0.1) is 0 Å². The number of pyridine rings is 1. The minimum Gasteiger partial charge on any atom is -0.287 e. The number of para-hydroxylation sites is 1. The van der Waals surface area contributed by atoms with Crippen LogP contribution in [0, 0.1) is 12.7 Å². The highest BCUT2D eigenvalue weighted by atomic mass is 19.1. The molecule has 0 N–H and O–H groups in total. The maximum absolute atomic E-state index is 13.7. The molecule has 0 atom stereocenters. The van der Waals surface area contributed by atoms with Crippen LogP contribution < -0.4 is 0 Å². The molecular weight excluding hydrogens is 253 g/mol. The molecule has 0 amide bonds. The van der Waals surface area contributed by atoms with Crippen LogP contribution in [0.1, 0.15) is 21.6 Å². The summed E-state index contributed by atoms with van der Waals surface area (Å²) in [4.78, 5) is 16.7. The highest BCUT2D eigenvalue weighted by molar-refractivity contribution is 6.09. The Labute approximate surface area is 115 Å². The molecule has 0 aliphatic rings. The van der Waals surface area contributed by atoms with E-state index in [2.05, 4.69) is 4.98 Å². The van der Waals surface area contributed by atoms with Crippen molar-refractivity contribution in [1.29, 1.82) is 0 Å². The summed E-state index contributed by atoms with van der Waals surface area (Å²) in [5.74, 6) is -0.915. The Hall–Kier alpha value is -2.55. The Morgan fingerprint density at radius 2 is 1.75 bits per heavy atom. The van der Waals surface area contributed by atoms with Crippen LogP contribution in [-0.4, -0.2) is 10.8 Å². The highest BCUT2D eigenvalue weighted by Gasteiger charge is 2.16. The van der Waals surface area contributed by atoms with Gasteiger partial charge >= 0.3 is 0 Å². The van der Waals surface area contributed by atoms with E-state index in [-0.39, 0.29) is 11.3 Å². The number of carbonyl (C=O) groups excluding carboxylic acids is 1. The van der Waals surface area contributed by atoms with Crippen molar-refractivity contribution in [2.45, 2.75) is 6.92 Å². The lowest BCUT2D eigenvalue weighted by molar-refractivity contribution is 0.103. The summed E-state index contributed by atoms with van der Waals surface area (Å²) in [6.07, 6.45) is 0. The number of nitrogens with zero attached hydrogens (tertiary/aromatic N) is 1. The predicted molar refractivity (Wildman–Crippen MR) is 76.3 cm³/mol. The summed E-state index contributed by atoms with van der Waals surface area (Å²) < 4.78 is 13.7. The molecule has 0 saturated heterocycles. The van der Waals surface area contributed by atoms with E-state index >= 15 is 0 Å². The molecule has 2 nitrogen and oxygen atoms in total. The second-order valence-corrected chi connectivity index (χ2v) is 4.65. The number of aromatic nitrogens is 1. The number of carbonyl (C=O) groups is 1. The molecule has 0 bridgehead atoms. The topological polar surface area (TPSA) is 30.0 Å². The normalized spacial score (nSPS) is 10.7. The van der Waals surface area contributed by atoms with E-state index in [1.807, 2.05) is 31.2 Å². The van der Waals surface area contributed by atoms with Gasteiger partial charge in [-0.1, -0.05) is 30.3 Å². The van der Waals surface area contributed by atoms with Gasteiger partial charge < -0.3 is 0 Å². The van der Waals surface area contributed by atoms with Gasteiger partial charge in [-0.2, -0.15) is 0 Å². The first-order valence-electron chi connectivity index (χ1n) is 6.32. The first-order valence-corrected chi connectivity index (χ1v) is 6.32. The molecule has 0 radical (unpaired) electrons. The highest BCUT2D eigenvalue weighted by Crippen LogP contribution is 2.20. The fraction of sp³-hybridized carbons (Fsp3) is 0.0588. The van der Waals surface area contributed by atoms with Crippen molar-refractivity contribution < 1.29 is 9.18 Å². The maximum Gasteiger partial charge on any atom is 0.214 e. The molecular formula is C17H12FNO. The smallest absolute Gasteiger partial charge is 0.214 e. The van der Waals surface area contributed by atoms with Gasteiger partial charge in [0.1, 0.15) is 11.5 Å². The summed E-state index contributed by atoms with van der Waals surface area (Å²) in [5.41, 5.74) is 2.02. The van der Waals surface area contributed by atoms with Gasteiger partial charge in [0.05, 0.1) is 11.1 Å². The molecule has 0 fully saturated rings. The van der Waals surface area contributed by atoms with E-state index in [0.717, 1.165) is 16.5 Å².